The number of hydrogen-bond acceptors (Lipinski definition) is 5. The van der Waals surface area contributed by atoms with Crippen LogP contribution in [0.5, 0.6) is 5.75 Å². The summed E-state index contributed by atoms with van der Waals surface area (Å²) in [6, 6.07) is 11.9. The molecule has 2 N–H and O–H groups in total. The second-order valence-corrected chi connectivity index (χ2v) is 6.31. The minimum atomic E-state index is -0.346. The van der Waals surface area contributed by atoms with Crippen LogP contribution < -0.4 is 15.4 Å². The van der Waals surface area contributed by atoms with Gasteiger partial charge in [-0.15, -0.1) is 0 Å². The number of aromatic nitrogens is 2. The molecule has 28 heavy (non-hydrogen) atoms. The van der Waals surface area contributed by atoms with Crippen LogP contribution in [0.15, 0.2) is 48.7 Å². The first kappa shape index (κ1) is 19.3. The zero-order chi connectivity index (χ0) is 20.1. The fraction of sp³-hybridized carbons (Fsp3) is 0.190. The Bertz CT molecular complexity index is 1010. The topological polar surface area (TPSA) is 76.1 Å². The molecule has 0 radical (unpaired) electrons. The molecule has 0 spiro atoms. The lowest BCUT2D eigenvalue weighted by atomic mass is 10.1. The molecule has 0 saturated heterocycles. The summed E-state index contributed by atoms with van der Waals surface area (Å²) >= 11 is 0. The summed E-state index contributed by atoms with van der Waals surface area (Å²) in [4.78, 5) is 21.1. The zero-order valence-electron chi connectivity index (χ0n) is 15.9. The standard InChI is InChI=1S/C21H21FN4O2/c1-13-9-16(22)7-8-19(13)26-20(27)18-12-24-21(25-14(18)2)23-11-15-5-4-6-17(10-15)28-3/h4-10,12H,11H2,1-3H3,(H,26,27)(H,23,24,25). The smallest absolute Gasteiger partial charge is 0.259 e. The number of carbonyl (C=O) groups excluding carboxylic acids is 1. The van der Waals surface area contributed by atoms with E-state index in [1.54, 1.807) is 21.0 Å². The lowest BCUT2D eigenvalue weighted by molar-refractivity contribution is 0.102. The predicted molar refractivity (Wildman–Crippen MR) is 106 cm³/mol. The maximum Gasteiger partial charge on any atom is 0.259 e. The number of nitrogens with zero attached hydrogens (tertiary/aromatic N) is 2. The van der Waals surface area contributed by atoms with Crippen molar-refractivity contribution in [2.45, 2.75) is 20.4 Å². The van der Waals surface area contributed by atoms with E-state index >= 15 is 0 Å². The zero-order valence-corrected chi connectivity index (χ0v) is 15.9. The van der Waals surface area contributed by atoms with Crippen molar-refractivity contribution in [3.8, 4) is 5.75 Å². The van der Waals surface area contributed by atoms with E-state index in [0.29, 0.717) is 35.0 Å². The summed E-state index contributed by atoms with van der Waals surface area (Å²) in [6.45, 7) is 4.00. The van der Waals surface area contributed by atoms with Crippen molar-refractivity contribution in [2.75, 3.05) is 17.7 Å². The third kappa shape index (κ3) is 4.62. The molecule has 1 amide bonds. The molecular weight excluding hydrogens is 359 g/mol. The number of anilines is 2. The van der Waals surface area contributed by atoms with E-state index in [1.165, 1.54) is 24.4 Å². The van der Waals surface area contributed by atoms with Crippen molar-refractivity contribution >= 4 is 17.5 Å². The lowest BCUT2D eigenvalue weighted by Gasteiger charge is -2.11. The molecule has 0 bridgehead atoms. The van der Waals surface area contributed by atoms with Gasteiger partial charge in [0.15, 0.2) is 0 Å². The van der Waals surface area contributed by atoms with Crippen molar-refractivity contribution in [1.82, 2.24) is 9.97 Å². The predicted octanol–water partition coefficient (Wildman–Crippen LogP) is 4.11. The van der Waals surface area contributed by atoms with E-state index in [4.69, 9.17) is 4.74 Å². The van der Waals surface area contributed by atoms with E-state index in [-0.39, 0.29) is 11.7 Å². The molecular formula is C21H21FN4O2. The van der Waals surface area contributed by atoms with Gasteiger partial charge in [0.25, 0.3) is 5.91 Å². The second-order valence-electron chi connectivity index (χ2n) is 6.31. The Kier molecular flexibility index (Phi) is 5.84. The molecule has 0 saturated carbocycles. The van der Waals surface area contributed by atoms with Gasteiger partial charge in [0.2, 0.25) is 5.95 Å². The third-order valence-electron chi connectivity index (χ3n) is 4.25. The number of rotatable bonds is 6. The highest BCUT2D eigenvalue weighted by Crippen LogP contribution is 2.18. The van der Waals surface area contributed by atoms with Crippen LogP contribution in [0, 0.1) is 19.7 Å². The van der Waals surface area contributed by atoms with Crippen LogP contribution in [-0.4, -0.2) is 23.0 Å². The molecule has 0 atom stereocenters. The molecule has 1 aromatic heterocycles. The van der Waals surface area contributed by atoms with Crippen molar-refractivity contribution in [2.24, 2.45) is 0 Å². The Labute approximate surface area is 162 Å². The molecule has 0 aliphatic carbocycles. The number of ether oxygens (including phenoxy) is 1. The fourth-order valence-electron chi connectivity index (χ4n) is 2.70. The number of methoxy groups -OCH3 is 1. The van der Waals surface area contributed by atoms with E-state index in [0.717, 1.165) is 11.3 Å². The highest BCUT2D eigenvalue weighted by atomic mass is 19.1. The Hall–Kier alpha value is -3.48. The summed E-state index contributed by atoms with van der Waals surface area (Å²) in [5, 5.41) is 5.90. The molecule has 0 aliphatic rings. The van der Waals surface area contributed by atoms with Crippen molar-refractivity contribution in [3.63, 3.8) is 0 Å². The lowest BCUT2D eigenvalue weighted by Crippen LogP contribution is -2.16. The van der Waals surface area contributed by atoms with Crippen molar-refractivity contribution in [1.29, 1.82) is 0 Å². The molecule has 1 heterocycles. The van der Waals surface area contributed by atoms with Gasteiger partial charge in [0.1, 0.15) is 11.6 Å². The Morgan fingerprint density at radius 1 is 1.18 bits per heavy atom. The van der Waals surface area contributed by atoms with Crippen molar-refractivity contribution < 1.29 is 13.9 Å². The SMILES string of the molecule is COc1cccc(CNc2ncc(C(=O)Nc3ccc(F)cc3C)c(C)n2)c1. The minimum Gasteiger partial charge on any atom is -0.497 e. The number of benzene rings is 2. The number of aryl methyl sites for hydroxylation is 2. The van der Waals surface area contributed by atoms with Crippen LogP contribution in [0.3, 0.4) is 0 Å². The summed E-state index contributed by atoms with van der Waals surface area (Å²) in [6.07, 6.45) is 1.48. The van der Waals surface area contributed by atoms with E-state index in [2.05, 4.69) is 20.6 Å². The highest BCUT2D eigenvalue weighted by molar-refractivity contribution is 6.05. The number of halogens is 1. The van der Waals surface area contributed by atoms with Gasteiger partial charge in [0.05, 0.1) is 18.4 Å². The van der Waals surface area contributed by atoms with Crippen LogP contribution in [0.25, 0.3) is 0 Å². The van der Waals surface area contributed by atoms with Gasteiger partial charge in [-0.25, -0.2) is 14.4 Å². The van der Waals surface area contributed by atoms with Gasteiger partial charge in [-0.1, -0.05) is 12.1 Å². The number of nitrogens with one attached hydrogen (secondary N) is 2. The summed E-state index contributed by atoms with van der Waals surface area (Å²) < 4.78 is 18.4. The average Bonchev–Trinajstić information content (AvgIpc) is 2.68. The first-order valence-corrected chi connectivity index (χ1v) is 8.74. The van der Waals surface area contributed by atoms with Crippen LogP contribution in [0.2, 0.25) is 0 Å². The van der Waals surface area contributed by atoms with Crippen LogP contribution in [0.4, 0.5) is 16.0 Å². The van der Waals surface area contributed by atoms with Gasteiger partial charge >= 0.3 is 0 Å². The van der Waals surface area contributed by atoms with Crippen LogP contribution >= 0.6 is 0 Å². The molecule has 6 nitrogen and oxygen atoms in total. The number of hydrogen-bond donors (Lipinski definition) is 2. The molecule has 2 aromatic carbocycles. The molecule has 3 rings (SSSR count). The fourth-order valence-corrected chi connectivity index (χ4v) is 2.70. The Balaban J connectivity index is 1.68. The van der Waals surface area contributed by atoms with E-state index < -0.39 is 0 Å². The molecule has 0 fully saturated rings. The third-order valence-corrected chi connectivity index (χ3v) is 4.25. The second kappa shape index (κ2) is 8.47. The summed E-state index contributed by atoms with van der Waals surface area (Å²) in [5.41, 5.74) is 3.11. The molecule has 0 unspecified atom stereocenters. The largest absolute Gasteiger partial charge is 0.497 e. The molecule has 144 valence electrons. The van der Waals surface area contributed by atoms with Gasteiger partial charge in [-0.05, 0) is 55.3 Å². The minimum absolute atomic E-state index is 0.341. The number of carbonyl (C=O) groups is 1. The normalized spacial score (nSPS) is 10.4. The monoisotopic (exact) mass is 380 g/mol. The van der Waals surface area contributed by atoms with Crippen molar-refractivity contribution in [3.05, 3.63) is 76.9 Å². The Morgan fingerprint density at radius 2 is 2.00 bits per heavy atom. The maximum absolute atomic E-state index is 13.2. The molecule has 3 aromatic rings. The number of amides is 1. The van der Waals surface area contributed by atoms with Gasteiger partial charge in [-0.2, -0.15) is 0 Å². The van der Waals surface area contributed by atoms with Crippen LogP contribution in [0.1, 0.15) is 27.2 Å². The summed E-state index contributed by atoms with van der Waals surface area (Å²) in [7, 11) is 1.62. The quantitative estimate of drug-likeness (QED) is 0.673. The summed E-state index contributed by atoms with van der Waals surface area (Å²) in [5.74, 6) is 0.516. The maximum atomic E-state index is 13.2. The van der Waals surface area contributed by atoms with Gasteiger partial charge in [-0.3, -0.25) is 4.79 Å². The highest BCUT2D eigenvalue weighted by Gasteiger charge is 2.13. The van der Waals surface area contributed by atoms with Crippen LogP contribution in [-0.2, 0) is 6.54 Å². The van der Waals surface area contributed by atoms with E-state index in [9.17, 15) is 9.18 Å². The first-order chi connectivity index (χ1) is 13.5. The van der Waals surface area contributed by atoms with Gasteiger partial charge in [0, 0.05) is 18.4 Å². The van der Waals surface area contributed by atoms with Gasteiger partial charge < -0.3 is 15.4 Å². The first-order valence-electron chi connectivity index (χ1n) is 8.74. The molecule has 7 heteroatoms. The Morgan fingerprint density at radius 3 is 2.71 bits per heavy atom. The average molecular weight is 380 g/mol. The molecule has 0 aliphatic heterocycles. The van der Waals surface area contributed by atoms with E-state index in [1.807, 2.05) is 24.3 Å².